The van der Waals surface area contributed by atoms with Crippen LogP contribution in [-0.2, 0) is 13.6 Å². The summed E-state index contributed by atoms with van der Waals surface area (Å²) in [6.07, 6.45) is 0. The van der Waals surface area contributed by atoms with Gasteiger partial charge in [-0.15, -0.1) is 0 Å². The number of aryl methyl sites for hydroxylation is 3. The quantitative estimate of drug-likeness (QED) is 0.717. The lowest BCUT2D eigenvalue weighted by Gasteiger charge is -2.50. The minimum Gasteiger partial charge on any atom is -0.336 e. The number of hydrogen-bond donors (Lipinski definition) is 1. The number of aromatic nitrogens is 5. The average Bonchev–Trinajstić information content (AvgIpc) is 3.37. The molecule has 1 spiro atoms. The molecular weight excluding hydrogens is 378 g/mol. The van der Waals surface area contributed by atoms with Crippen molar-refractivity contribution < 1.29 is 4.79 Å². The second kappa shape index (κ2) is 7.05. The summed E-state index contributed by atoms with van der Waals surface area (Å²) in [4.78, 5) is 22.1. The van der Waals surface area contributed by atoms with E-state index in [0.29, 0.717) is 5.69 Å². The fourth-order valence-electron chi connectivity index (χ4n) is 5.06. The highest BCUT2D eigenvalue weighted by molar-refractivity contribution is 5.93. The first-order valence-corrected chi connectivity index (χ1v) is 10.4. The highest BCUT2D eigenvalue weighted by Gasteiger charge is 2.57. The number of aromatic amines is 1. The summed E-state index contributed by atoms with van der Waals surface area (Å²) < 4.78 is 1.68. The van der Waals surface area contributed by atoms with Crippen LogP contribution in [0.2, 0.25) is 0 Å². The van der Waals surface area contributed by atoms with E-state index in [1.165, 1.54) is 5.56 Å². The Hall–Kier alpha value is -3.00. The first kappa shape index (κ1) is 19.0. The average molecular weight is 406 g/mol. The Kier molecular flexibility index (Phi) is 4.47. The minimum atomic E-state index is -0.00723. The number of carbonyl (C=O) groups is 1. The zero-order valence-electron chi connectivity index (χ0n) is 17.7. The summed E-state index contributed by atoms with van der Waals surface area (Å²) in [5.74, 6) is 1.96. The lowest BCUT2D eigenvalue weighted by Crippen LogP contribution is -2.61. The Bertz CT molecular complexity index is 1060. The van der Waals surface area contributed by atoms with Crippen LogP contribution in [-0.4, -0.2) is 66.8 Å². The summed E-state index contributed by atoms with van der Waals surface area (Å²) in [6, 6.07) is 12.4. The van der Waals surface area contributed by atoms with Crippen molar-refractivity contribution in [2.75, 3.05) is 26.2 Å². The number of H-pyrrole nitrogens is 1. The van der Waals surface area contributed by atoms with Gasteiger partial charge in [0.05, 0.1) is 5.69 Å². The molecule has 2 aliphatic heterocycles. The number of benzene rings is 1. The molecule has 4 heterocycles. The van der Waals surface area contributed by atoms with Gasteiger partial charge >= 0.3 is 0 Å². The van der Waals surface area contributed by atoms with Gasteiger partial charge in [0, 0.05) is 51.1 Å². The molecule has 0 saturated carbocycles. The van der Waals surface area contributed by atoms with Crippen LogP contribution in [0, 0.1) is 19.3 Å². The molecule has 8 nitrogen and oxygen atoms in total. The lowest BCUT2D eigenvalue weighted by molar-refractivity contribution is 0.00101. The normalized spacial score (nSPS) is 20.6. The van der Waals surface area contributed by atoms with Crippen LogP contribution < -0.4 is 0 Å². The Labute approximate surface area is 175 Å². The predicted molar refractivity (Wildman–Crippen MR) is 112 cm³/mol. The smallest absolute Gasteiger partial charge is 0.272 e. The van der Waals surface area contributed by atoms with Crippen LogP contribution in [0.4, 0.5) is 0 Å². The molecule has 0 aliphatic carbocycles. The van der Waals surface area contributed by atoms with E-state index in [9.17, 15) is 4.79 Å². The molecule has 2 aromatic heterocycles. The van der Waals surface area contributed by atoms with E-state index >= 15 is 0 Å². The number of nitrogens with zero attached hydrogens (tertiary/aromatic N) is 6. The highest BCUT2D eigenvalue weighted by atomic mass is 16.2. The Morgan fingerprint density at radius 3 is 2.60 bits per heavy atom. The van der Waals surface area contributed by atoms with Gasteiger partial charge in [-0.2, -0.15) is 10.2 Å². The van der Waals surface area contributed by atoms with Crippen molar-refractivity contribution >= 4 is 5.91 Å². The Morgan fingerprint density at radius 1 is 1.20 bits per heavy atom. The van der Waals surface area contributed by atoms with Crippen molar-refractivity contribution in [1.29, 1.82) is 0 Å². The fourth-order valence-corrected chi connectivity index (χ4v) is 5.06. The van der Waals surface area contributed by atoms with Gasteiger partial charge < -0.3 is 4.90 Å². The molecule has 30 heavy (non-hydrogen) atoms. The van der Waals surface area contributed by atoms with Crippen molar-refractivity contribution in [3.8, 4) is 0 Å². The first-order chi connectivity index (χ1) is 14.4. The lowest BCUT2D eigenvalue weighted by atomic mass is 9.71. The second-order valence-corrected chi connectivity index (χ2v) is 8.80. The zero-order chi connectivity index (χ0) is 20.9. The van der Waals surface area contributed by atoms with Crippen LogP contribution in [0.15, 0.2) is 36.4 Å². The minimum absolute atomic E-state index is 0.00723. The molecule has 2 aliphatic rings. The van der Waals surface area contributed by atoms with Gasteiger partial charge in [0.1, 0.15) is 11.5 Å². The summed E-state index contributed by atoms with van der Waals surface area (Å²) >= 11 is 0. The van der Waals surface area contributed by atoms with Crippen LogP contribution in [0.5, 0.6) is 0 Å². The van der Waals surface area contributed by atoms with Gasteiger partial charge in [0.15, 0.2) is 5.82 Å². The maximum absolute atomic E-state index is 13.0. The van der Waals surface area contributed by atoms with E-state index in [0.717, 1.165) is 50.1 Å². The second-order valence-electron chi connectivity index (χ2n) is 8.80. The number of nitrogens with one attached hydrogen (secondary N) is 1. The molecule has 2 saturated heterocycles. The van der Waals surface area contributed by atoms with Gasteiger partial charge in [-0.25, -0.2) is 4.98 Å². The number of hydrogen-bond acceptors (Lipinski definition) is 5. The molecule has 1 atom stereocenters. The van der Waals surface area contributed by atoms with Gasteiger partial charge in [0.25, 0.3) is 5.91 Å². The number of rotatable bonds is 4. The van der Waals surface area contributed by atoms with Gasteiger partial charge in [-0.3, -0.25) is 19.5 Å². The molecule has 1 unspecified atom stereocenters. The third-order valence-corrected chi connectivity index (χ3v) is 6.41. The van der Waals surface area contributed by atoms with E-state index in [2.05, 4.69) is 49.4 Å². The number of carbonyl (C=O) groups excluding carboxylic acids is 1. The molecule has 1 N–H and O–H groups in total. The van der Waals surface area contributed by atoms with Crippen LogP contribution in [0.1, 0.15) is 39.3 Å². The summed E-state index contributed by atoms with van der Waals surface area (Å²) in [6.45, 7) is 8.03. The van der Waals surface area contributed by atoms with Crippen molar-refractivity contribution in [1.82, 2.24) is 34.8 Å². The molecule has 0 radical (unpaired) electrons. The highest BCUT2D eigenvalue weighted by Crippen LogP contribution is 2.49. The first-order valence-electron chi connectivity index (χ1n) is 10.4. The Balaban J connectivity index is 1.36. The molecule has 0 bridgehead atoms. The van der Waals surface area contributed by atoms with E-state index in [4.69, 9.17) is 0 Å². The van der Waals surface area contributed by atoms with Gasteiger partial charge in [-0.05, 0) is 25.5 Å². The van der Waals surface area contributed by atoms with Crippen LogP contribution in [0.25, 0.3) is 0 Å². The number of likely N-dealkylation sites (tertiary alicyclic amines) is 2. The number of amides is 1. The van der Waals surface area contributed by atoms with E-state index in [-0.39, 0.29) is 17.2 Å². The molecule has 3 aromatic rings. The van der Waals surface area contributed by atoms with E-state index in [1.54, 1.807) is 4.68 Å². The standard InChI is InChI=1S/C22H27N7O/c1-15-9-19(27(3)26-15)21(30)29-13-22(14-29)12-28(10-17-7-5-4-6-8-17)11-18(22)20-23-16(2)24-25-20/h4-9,18H,10-14H2,1-3H3,(H,23,24,25). The fraction of sp³-hybridized carbons (Fsp3) is 0.455. The zero-order valence-corrected chi connectivity index (χ0v) is 17.7. The van der Waals surface area contributed by atoms with Crippen molar-refractivity contribution in [3.63, 3.8) is 0 Å². The molecule has 8 heteroatoms. The summed E-state index contributed by atoms with van der Waals surface area (Å²) in [5, 5.41) is 11.8. The van der Waals surface area contributed by atoms with Gasteiger partial charge in [0.2, 0.25) is 0 Å². The van der Waals surface area contributed by atoms with Crippen LogP contribution in [0.3, 0.4) is 0 Å². The monoisotopic (exact) mass is 405 g/mol. The molecule has 156 valence electrons. The van der Waals surface area contributed by atoms with Crippen molar-refractivity contribution in [2.45, 2.75) is 26.3 Å². The summed E-state index contributed by atoms with van der Waals surface area (Å²) in [7, 11) is 1.83. The Morgan fingerprint density at radius 2 is 1.97 bits per heavy atom. The maximum atomic E-state index is 13.0. The van der Waals surface area contributed by atoms with E-state index in [1.807, 2.05) is 37.9 Å². The molecule has 2 fully saturated rings. The topological polar surface area (TPSA) is 82.9 Å². The SMILES string of the molecule is Cc1cc(C(=O)N2CC3(CN(Cc4ccccc4)CC3c3n[nH]c(C)n3)C2)n(C)n1. The van der Waals surface area contributed by atoms with Crippen molar-refractivity contribution in [3.05, 3.63) is 65.0 Å². The van der Waals surface area contributed by atoms with Crippen molar-refractivity contribution in [2.24, 2.45) is 12.5 Å². The third-order valence-electron chi connectivity index (χ3n) is 6.41. The molecule has 1 aromatic carbocycles. The van der Waals surface area contributed by atoms with Gasteiger partial charge in [-0.1, -0.05) is 30.3 Å². The third kappa shape index (κ3) is 3.21. The van der Waals surface area contributed by atoms with E-state index < -0.39 is 0 Å². The maximum Gasteiger partial charge on any atom is 0.272 e. The summed E-state index contributed by atoms with van der Waals surface area (Å²) in [5.41, 5.74) is 2.80. The predicted octanol–water partition coefficient (Wildman–Crippen LogP) is 1.90. The molecule has 1 amide bonds. The molecular formula is C22H27N7O. The molecule has 5 rings (SSSR count). The van der Waals surface area contributed by atoms with Crippen LogP contribution >= 0.6 is 0 Å². The largest absolute Gasteiger partial charge is 0.336 e.